The molecule has 0 aliphatic carbocycles. The minimum atomic E-state index is -1.09. The Kier molecular flexibility index (Phi) is 10.9. The summed E-state index contributed by atoms with van der Waals surface area (Å²) in [7, 11) is 0. The molecule has 0 saturated carbocycles. The van der Waals surface area contributed by atoms with Gasteiger partial charge >= 0.3 is 17.9 Å². The van der Waals surface area contributed by atoms with Gasteiger partial charge in [-0.3, -0.25) is 0 Å². The van der Waals surface area contributed by atoms with Crippen molar-refractivity contribution >= 4 is 87.5 Å². The van der Waals surface area contributed by atoms with E-state index >= 15 is 0 Å². The van der Waals surface area contributed by atoms with Crippen molar-refractivity contribution in [2.45, 2.75) is 0 Å². The Balaban J connectivity index is 3.67. The molecule has 0 saturated heterocycles. The zero-order chi connectivity index (χ0) is 20.6. The topological polar surface area (TPSA) is 78.9 Å². The van der Waals surface area contributed by atoms with Crippen molar-refractivity contribution in [1.82, 2.24) is 0 Å². The first-order valence-corrected chi connectivity index (χ1v) is 9.95. The molecule has 1 aromatic carbocycles. The van der Waals surface area contributed by atoms with Gasteiger partial charge in [0.1, 0.15) is 19.8 Å². The molecule has 1 rings (SSSR count). The van der Waals surface area contributed by atoms with Gasteiger partial charge in [-0.15, -0.1) is 34.8 Å². The second kappa shape index (κ2) is 12.0. The SMILES string of the molecule is O=C(OCCCl)c1c(Cl)c(Cl)c(Cl)c(C(=O)OCCCl)c1C(=O)OCCCl. The lowest BCUT2D eigenvalue weighted by molar-refractivity contribution is 0.0462. The normalized spacial score (nSPS) is 10.4. The summed E-state index contributed by atoms with van der Waals surface area (Å²) in [6.07, 6.45) is 0. The summed E-state index contributed by atoms with van der Waals surface area (Å²) >= 11 is 34.7. The molecule has 0 radical (unpaired) electrons. The summed E-state index contributed by atoms with van der Waals surface area (Å²) in [6.45, 7) is -0.567. The van der Waals surface area contributed by atoms with Crippen LogP contribution in [0.2, 0.25) is 15.1 Å². The van der Waals surface area contributed by atoms with Crippen LogP contribution in [0, 0.1) is 0 Å². The van der Waals surface area contributed by atoms with Crippen LogP contribution in [-0.2, 0) is 14.2 Å². The fourth-order valence-electron chi connectivity index (χ4n) is 1.86. The molecule has 0 unspecified atom stereocenters. The molecule has 0 spiro atoms. The van der Waals surface area contributed by atoms with Gasteiger partial charge < -0.3 is 14.2 Å². The Morgan fingerprint density at radius 1 is 0.556 bits per heavy atom. The number of carbonyl (C=O) groups is 3. The highest BCUT2D eigenvalue weighted by molar-refractivity contribution is 6.51. The molecule has 150 valence electrons. The van der Waals surface area contributed by atoms with Crippen molar-refractivity contribution in [3.05, 3.63) is 31.8 Å². The lowest BCUT2D eigenvalue weighted by Crippen LogP contribution is -2.22. The summed E-state index contributed by atoms with van der Waals surface area (Å²) in [5.41, 5.74) is -1.57. The van der Waals surface area contributed by atoms with Crippen LogP contribution in [0.3, 0.4) is 0 Å². The zero-order valence-electron chi connectivity index (χ0n) is 13.5. The van der Waals surface area contributed by atoms with E-state index in [1.165, 1.54) is 0 Å². The van der Waals surface area contributed by atoms with Gasteiger partial charge in [-0.25, -0.2) is 14.4 Å². The molecule has 27 heavy (non-hydrogen) atoms. The number of hydrogen-bond acceptors (Lipinski definition) is 6. The zero-order valence-corrected chi connectivity index (χ0v) is 18.0. The van der Waals surface area contributed by atoms with E-state index in [4.69, 9.17) is 83.8 Å². The molecule has 0 heterocycles. The second-order valence-electron chi connectivity index (χ2n) is 4.54. The minimum absolute atomic E-state index is 0.0126. The van der Waals surface area contributed by atoms with Gasteiger partial charge in [-0.1, -0.05) is 34.8 Å². The number of halogens is 6. The van der Waals surface area contributed by atoms with Crippen LogP contribution in [0.25, 0.3) is 0 Å². The average Bonchev–Trinajstić information content (AvgIpc) is 2.66. The number of esters is 3. The van der Waals surface area contributed by atoms with Crippen LogP contribution >= 0.6 is 69.6 Å². The van der Waals surface area contributed by atoms with Crippen LogP contribution < -0.4 is 0 Å². The van der Waals surface area contributed by atoms with Crippen molar-refractivity contribution in [2.24, 2.45) is 0 Å². The Morgan fingerprint density at radius 2 is 0.852 bits per heavy atom. The number of hydrogen-bond donors (Lipinski definition) is 0. The van der Waals surface area contributed by atoms with E-state index in [1.54, 1.807) is 0 Å². The fourth-order valence-corrected chi connectivity index (χ4v) is 2.86. The summed E-state index contributed by atoms with van der Waals surface area (Å²) in [5, 5.41) is -1.14. The highest BCUT2D eigenvalue weighted by Gasteiger charge is 2.34. The third-order valence-corrected chi connectivity index (χ3v) is 4.66. The fraction of sp³-hybridized carbons (Fsp3) is 0.400. The van der Waals surface area contributed by atoms with Gasteiger partial charge in [0, 0.05) is 0 Å². The minimum Gasteiger partial charge on any atom is -0.461 e. The highest BCUT2D eigenvalue weighted by atomic mass is 35.5. The van der Waals surface area contributed by atoms with Crippen molar-refractivity contribution in [3.8, 4) is 0 Å². The largest absolute Gasteiger partial charge is 0.461 e. The first kappa shape index (κ1) is 24.4. The molecule has 6 nitrogen and oxygen atoms in total. The third-order valence-electron chi connectivity index (χ3n) is 2.87. The second-order valence-corrected chi connectivity index (χ2v) is 6.81. The maximum atomic E-state index is 12.5. The van der Waals surface area contributed by atoms with Gasteiger partial charge in [0.2, 0.25) is 0 Å². The maximum absolute atomic E-state index is 12.5. The van der Waals surface area contributed by atoms with Crippen LogP contribution in [-0.4, -0.2) is 55.4 Å². The molecular weight excluding hydrogens is 489 g/mol. The average molecular weight is 501 g/mol. The first-order chi connectivity index (χ1) is 12.8. The molecule has 0 aliphatic rings. The Labute approximate surface area is 184 Å². The Hall–Kier alpha value is -0.630. The number of alkyl halides is 3. The van der Waals surface area contributed by atoms with E-state index in [0.717, 1.165) is 0 Å². The predicted molar refractivity (Wildman–Crippen MR) is 104 cm³/mol. The number of rotatable bonds is 9. The molecule has 0 N–H and O–H groups in total. The summed E-state index contributed by atoms with van der Waals surface area (Å²) in [6, 6.07) is 0. The van der Waals surface area contributed by atoms with Crippen LogP contribution in [0.5, 0.6) is 0 Å². The van der Waals surface area contributed by atoms with E-state index in [9.17, 15) is 14.4 Å². The van der Waals surface area contributed by atoms with Crippen LogP contribution in [0.4, 0.5) is 0 Å². The third kappa shape index (κ3) is 6.17. The van der Waals surface area contributed by atoms with Gasteiger partial charge in [-0.2, -0.15) is 0 Å². The quantitative estimate of drug-likeness (QED) is 0.209. The molecular formula is C15H12Cl6O6. The lowest BCUT2D eigenvalue weighted by atomic mass is 10.00. The number of benzene rings is 1. The molecule has 0 aliphatic heterocycles. The number of carbonyl (C=O) groups excluding carboxylic acids is 3. The summed E-state index contributed by atoms with van der Waals surface area (Å²) < 4.78 is 14.7. The Morgan fingerprint density at radius 3 is 1.15 bits per heavy atom. The van der Waals surface area contributed by atoms with Gasteiger partial charge in [0.25, 0.3) is 0 Å². The van der Waals surface area contributed by atoms with Gasteiger partial charge in [-0.05, 0) is 0 Å². The summed E-state index contributed by atoms with van der Waals surface area (Å²) in [5.74, 6) is -3.25. The van der Waals surface area contributed by atoms with Crippen molar-refractivity contribution in [3.63, 3.8) is 0 Å². The van der Waals surface area contributed by atoms with Crippen molar-refractivity contribution in [1.29, 1.82) is 0 Å². The maximum Gasteiger partial charge on any atom is 0.340 e. The van der Waals surface area contributed by atoms with E-state index < -0.39 is 44.6 Å². The van der Waals surface area contributed by atoms with Gasteiger partial charge in [0.05, 0.1) is 49.4 Å². The van der Waals surface area contributed by atoms with Crippen LogP contribution in [0.1, 0.15) is 31.1 Å². The molecule has 0 amide bonds. The highest BCUT2D eigenvalue weighted by Crippen LogP contribution is 2.40. The monoisotopic (exact) mass is 498 g/mol. The first-order valence-electron chi connectivity index (χ1n) is 7.21. The van der Waals surface area contributed by atoms with E-state index in [2.05, 4.69) is 0 Å². The molecule has 12 heteroatoms. The number of ether oxygens (including phenoxy) is 3. The Bertz CT molecular complexity index is 676. The van der Waals surface area contributed by atoms with Crippen molar-refractivity contribution in [2.75, 3.05) is 37.5 Å². The standard InChI is InChI=1S/C15H12Cl6O6/c16-1-4-25-13(22)7-8(14(23)26-5-2-17)10(19)12(21)11(20)9(7)15(24)27-6-3-18/h1-6H2. The molecule has 0 bridgehead atoms. The molecule has 0 fully saturated rings. The van der Waals surface area contributed by atoms with Crippen LogP contribution in [0.15, 0.2) is 0 Å². The van der Waals surface area contributed by atoms with E-state index in [1.807, 2.05) is 0 Å². The van der Waals surface area contributed by atoms with E-state index in [0.29, 0.717) is 0 Å². The smallest absolute Gasteiger partial charge is 0.340 e. The van der Waals surface area contributed by atoms with Gasteiger partial charge in [0.15, 0.2) is 0 Å². The van der Waals surface area contributed by atoms with E-state index in [-0.39, 0.29) is 42.5 Å². The molecule has 0 aromatic heterocycles. The predicted octanol–water partition coefficient (Wildman–Crippen LogP) is 4.83. The molecule has 1 aromatic rings. The lowest BCUT2D eigenvalue weighted by Gasteiger charge is -2.17. The summed E-state index contributed by atoms with van der Waals surface area (Å²) in [4.78, 5) is 37.3. The molecule has 0 atom stereocenters. The van der Waals surface area contributed by atoms with Crippen molar-refractivity contribution < 1.29 is 28.6 Å².